The molecule has 3 saturated heterocycles. The number of hydrogen-bond acceptors (Lipinski definition) is 13. The minimum absolute atomic E-state index is 0.132. The predicted octanol–water partition coefficient (Wildman–Crippen LogP) is 0.850. The molecule has 13 heteroatoms. The van der Waals surface area contributed by atoms with Crippen LogP contribution in [0.2, 0.25) is 0 Å². The first-order valence-electron chi connectivity index (χ1n) is 16.8. The van der Waals surface area contributed by atoms with Crippen LogP contribution in [0, 0.1) is 0 Å². The van der Waals surface area contributed by atoms with Gasteiger partial charge in [-0.2, -0.15) is 0 Å². The van der Waals surface area contributed by atoms with Gasteiger partial charge in [-0.1, -0.05) is 90.4 Å². The van der Waals surface area contributed by atoms with Crippen LogP contribution in [0.1, 0.15) is 96.8 Å². The molecule has 0 aromatic carbocycles. The van der Waals surface area contributed by atoms with E-state index < -0.39 is 73.8 Å². The van der Waals surface area contributed by atoms with Crippen molar-refractivity contribution in [3.05, 3.63) is 0 Å². The third kappa shape index (κ3) is 11.9. The van der Waals surface area contributed by atoms with Crippen LogP contribution in [0.15, 0.2) is 0 Å². The van der Waals surface area contributed by atoms with Crippen molar-refractivity contribution in [2.75, 3.05) is 26.4 Å². The molecule has 0 unspecified atom stereocenters. The predicted molar refractivity (Wildman–Crippen MR) is 157 cm³/mol. The zero-order valence-electron chi connectivity index (χ0n) is 26.2. The molecule has 0 saturated carbocycles. The van der Waals surface area contributed by atoms with Gasteiger partial charge in [0, 0.05) is 6.61 Å². The van der Waals surface area contributed by atoms with Crippen LogP contribution in [-0.4, -0.2) is 136 Å². The molecule has 0 bridgehead atoms. The molecule has 3 fully saturated rings. The minimum Gasteiger partial charge on any atom is -0.388 e. The lowest BCUT2D eigenvalue weighted by atomic mass is 10.0. The molecule has 7 N–H and O–H groups in total. The van der Waals surface area contributed by atoms with E-state index >= 15 is 0 Å². The van der Waals surface area contributed by atoms with Crippen molar-refractivity contribution in [3.63, 3.8) is 0 Å². The average Bonchev–Trinajstić information content (AvgIpc) is 3.02. The van der Waals surface area contributed by atoms with Crippen LogP contribution in [0.3, 0.4) is 0 Å². The summed E-state index contributed by atoms with van der Waals surface area (Å²) >= 11 is 0. The molecule has 13 nitrogen and oxygen atoms in total. The molecule has 0 aromatic heterocycles. The molecule has 0 spiro atoms. The highest BCUT2D eigenvalue weighted by Gasteiger charge is 2.47. The molecule has 0 amide bonds. The van der Waals surface area contributed by atoms with Crippen molar-refractivity contribution in [1.82, 2.24) is 0 Å². The standard InChI is InChI=1S/C31H58O13/c1-2-3-4-5-6-7-8-9-10-11-12-13-14-15-16-39-29-27(37)24(34)21(18-41-29)44-31-28(38)25(35)22(19-42-31)43-30-26(36)23(33)20(32)17-40-30/h20-38H,2-19H2,1H3/t20-,21-,22+,23-,24+,25+,26+,27+,28+,29+,30-,31+/m1/s1. The summed E-state index contributed by atoms with van der Waals surface area (Å²) in [5.41, 5.74) is 0. The minimum atomic E-state index is -1.61. The van der Waals surface area contributed by atoms with Gasteiger partial charge in [-0.05, 0) is 6.42 Å². The van der Waals surface area contributed by atoms with Crippen LogP contribution in [-0.2, 0) is 28.4 Å². The van der Waals surface area contributed by atoms with E-state index in [1.165, 1.54) is 70.6 Å². The van der Waals surface area contributed by atoms with Gasteiger partial charge in [-0.3, -0.25) is 0 Å². The Morgan fingerprint density at radius 3 is 1.34 bits per heavy atom. The van der Waals surface area contributed by atoms with E-state index in [0.717, 1.165) is 19.3 Å². The highest BCUT2D eigenvalue weighted by molar-refractivity contribution is 4.90. The highest BCUT2D eigenvalue weighted by atomic mass is 16.7. The Morgan fingerprint density at radius 2 is 0.841 bits per heavy atom. The second-order valence-corrected chi connectivity index (χ2v) is 12.4. The molecule has 260 valence electrons. The second kappa shape index (κ2) is 20.7. The molecule has 0 aromatic rings. The van der Waals surface area contributed by atoms with E-state index in [9.17, 15) is 35.7 Å². The van der Waals surface area contributed by atoms with Crippen LogP contribution in [0.25, 0.3) is 0 Å². The van der Waals surface area contributed by atoms with Gasteiger partial charge in [0.25, 0.3) is 0 Å². The quantitative estimate of drug-likeness (QED) is 0.0928. The van der Waals surface area contributed by atoms with Crippen LogP contribution in [0.5, 0.6) is 0 Å². The smallest absolute Gasteiger partial charge is 0.186 e. The number of aliphatic hydroxyl groups is 7. The van der Waals surface area contributed by atoms with Crippen molar-refractivity contribution >= 4 is 0 Å². The van der Waals surface area contributed by atoms with E-state index in [-0.39, 0.29) is 19.8 Å². The van der Waals surface area contributed by atoms with Crippen LogP contribution >= 0.6 is 0 Å². The first-order chi connectivity index (χ1) is 21.2. The summed E-state index contributed by atoms with van der Waals surface area (Å²) in [6, 6.07) is 0. The Morgan fingerprint density at radius 1 is 0.455 bits per heavy atom. The van der Waals surface area contributed by atoms with E-state index in [4.69, 9.17) is 28.4 Å². The normalized spacial score (nSPS) is 38.2. The molecule has 3 aliphatic heterocycles. The zero-order chi connectivity index (χ0) is 31.9. The van der Waals surface area contributed by atoms with Gasteiger partial charge in [0.1, 0.15) is 54.9 Å². The Hall–Kier alpha value is -0.520. The summed E-state index contributed by atoms with van der Waals surface area (Å²) in [7, 11) is 0. The number of aliphatic hydroxyl groups excluding tert-OH is 7. The van der Waals surface area contributed by atoms with Gasteiger partial charge in [0.15, 0.2) is 18.9 Å². The lowest BCUT2D eigenvalue weighted by Gasteiger charge is -2.43. The van der Waals surface area contributed by atoms with E-state index in [2.05, 4.69) is 6.92 Å². The van der Waals surface area contributed by atoms with Crippen LogP contribution in [0.4, 0.5) is 0 Å². The molecule has 0 aliphatic carbocycles. The Bertz CT molecular complexity index is 747. The summed E-state index contributed by atoms with van der Waals surface area (Å²) in [5.74, 6) is 0. The Labute approximate surface area is 261 Å². The van der Waals surface area contributed by atoms with Crippen molar-refractivity contribution in [2.45, 2.75) is 171 Å². The van der Waals surface area contributed by atoms with Gasteiger partial charge in [0.05, 0.1) is 19.8 Å². The number of hydrogen-bond donors (Lipinski definition) is 7. The third-order valence-electron chi connectivity index (χ3n) is 8.72. The molecule has 3 aliphatic rings. The summed E-state index contributed by atoms with van der Waals surface area (Å²) in [6.07, 6.45) is 1.35. The van der Waals surface area contributed by atoms with Gasteiger partial charge < -0.3 is 64.2 Å². The molecule has 3 heterocycles. The largest absolute Gasteiger partial charge is 0.388 e. The van der Waals surface area contributed by atoms with Crippen molar-refractivity contribution in [2.24, 2.45) is 0 Å². The van der Waals surface area contributed by atoms with Gasteiger partial charge in [0.2, 0.25) is 0 Å². The number of rotatable bonds is 20. The summed E-state index contributed by atoms with van der Waals surface area (Å²) < 4.78 is 33.0. The number of unbranched alkanes of at least 4 members (excludes halogenated alkanes) is 13. The first kappa shape index (κ1) is 37.9. The molecule has 3 rings (SSSR count). The monoisotopic (exact) mass is 638 g/mol. The van der Waals surface area contributed by atoms with E-state index in [1.54, 1.807) is 0 Å². The fraction of sp³-hybridized carbons (Fsp3) is 1.00. The topological polar surface area (TPSA) is 197 Å². The van der Waals surface area contributed by atoms with Crippen molar-refractivity contribution < 1.29 is 64.2 Å². The van der Waals surface area contributed by atoms with Crippen LogP contribution < -0.4 is 0 Å². The lowest BCUT2D eigenvalue weighted by Crippen LogP contribution is -2.61. The summed E-state index contributed by atoms with van der Waals surface area (Å²) in [5, 5.41) is 71.7. The zero-order valence-corrected chi connectivity index (χ0v) is 26.2. The fourth-order valence-corrected chi connectivity index (χ4v) is 5.78. The van der Waals surface area contributed by atoms with Crippen molar-refractivity contribution in [3.8, 4) is 0 Å². The molecule has 0 radical (unpaired) electrons. The highest BCUT2D eigenvalue weighted by Crippen LogP contribution is 2.27. The Balaban J connectivity index is 1.24. The lowest BCUT2D eigenvalue weighted by molar-refractivity contribution is -0.348. The first-order valence-corrected chi connectivity index (χ1v) is 16.8. The van der Waals surface area contributed by atoms with Gasteiger partial charge in [-0.15, -0.1) is 0 Å². The van der Waals surface area contributed by atoms with E-state index in [1.807, 2.05) is 0 Å². The maximum Gasteiger partial charge on any atom is 0.186 e. The molecule has 44 heavy (non-hydrogen) atoms. The summed E-state index contributed by atoms with van der Waals surface area (Å²) in [4.78, 5) is 0. The fourth-order valence-electron chi connectivity index (χ4n) is 5.78. The third-order valence-corrected chi connectivity index (χ3v) is 8.72. The van der Waals surface area contributed by atoms with Gasteiger partial charge in [-0.25, -0.2) is 0 Å². The van der Waals surface area contributed by atoms with Crippen molar-refractivity contribution in [1.29, 1.82) is 0 Å². The maximum absolute atomic E-state index is 10.6. The maximum atomic E-state index is 10.6. The Kier molecular flexibility index (Phi) is 17.8. The second-order valence-electron chi connectivity index (χ2n) is 12.4. The van der Waals surface area contributed by atoms with Gasteiger partial charge >= 0.3 is 0 Å². The average molecular weight is 639 g/mol. The molecular formula is C31H58O13. The summed E-state index contributed by atoms with van der Waals surface area (Å²) in [6.45, 7) is 1.95. The molecular weight excluding hydrogens is 580 g/mol. The number of ether oxygens (including phenoxy) is 6. The SMILES string of the molecule is CCCCCCCCCCCCCCCCO[C@H]1OC[C@@H](O[C@@H]2OC[C@H](O[C@H]3OC[C@@H](O)[C@@H](O)[C@@H]3O)[C@H](O)[C@@H]2O)[C@H](O)[C@@H]1O. The van der Waals surface area contributed by atoms with E-state index in [0.29, 0.717) is 6.61 Å². The molecule has 12 atom stereocenters.